The van der Waals surface area contributed by atoms with E-state index in [1.54, 1.807) is 7.11 Å². The Bertz CT molecular complexity index is 588. The molecule has 0 aliphatic carbocycles. The van der Waals surface area contributed by atoms with Crippen LogP contribution in [-0.4, -0.2) is 21.2 Å². The van der Waals surface area contributed by atoms with Crippen LogP contribution in [0.1, 0.15) is 11.1 Å². The summed E-state index contributed by atoms with van der Waals surface area (Å²) in [5.41, 5.74) is 6.04. The minimum atomic E-state index is 0.925. The second-order valence-electron chi connectivity index (χ2n) is 5.10. The van der Waals surface area contributed by atoms with Crippen molar-refractivity contribution in [2.75, 3.05) is 26.1 Å². The van der Waals surface area contributed by atoms with E-state index in [-0.39, 0.29) is 0 Å². The molecule has 0 saturated heterocycles. The highest BCUT2D eigenvalue weighted by Crippen LogP contribution is 2.33. The second-order valence-corrected chi connectivity index (χ2v) is 5.10. The molecule has 0 aliphatic heterocycles. The summed E-state index contributed by atoms with van der Waals surface area (Å²) in [6.45, 7) is 4.21. The van der Waals surface area contributed by atoms with E-state index in [9.17, 15) is 0 Å². The Hall–Kier alpha value is -1.96. The van der Waals surface area contributed by atoms with Crippen molar-refractivity contribution in [3.05, 3.63) is 47.5 Å². The maximum Gasteiger partial charge on any atom is 0.126 e. The SMILES string of the molecule is COc1cc(C)ccc1-c1ccc(C)c(N(C)C)c1. The molecular weight excluding hydrogens is 234 g/mol. The van der Waals surface area contributed by atoms with Crippen molar-refractivity contribution >= 4 is 5.69 Å². The zero-order valence-electron chi connectivity index (χ0n) is 12.3. The molecular formula is C17H21NO. The second kappa shape index (κ2) is 5.35. The minimum Gasteiger partial charge on any atom is -0.496 e. The number of nitrogens with zero attached hydrogens (tertiary/aromatic N) is 1. The van der Waals surface area contributed by atoms with E-state index >= 15 is 0 Å². The van der Waals surface area contributed by atoms with Gasteiger partial charge in [0.05, 0.1) is 7.11 Å². The smallest absolute Gasteiger partial charge is 0.126 e. The van der Waals surface area contributed by atoms with Crippen molar-refractivity contribution in [1.29, 1.82) is 0 Å². The third-order valence-corrected chi connectivity index (χ3v) is 3.36. The molecule has 0 saturated carbocycles. The zero-order valence-corrected chi connectivity index (χ0v) is 12.3. The number of ether oxygens (including phenoxy) is 1. The van der Waals surface area contributed by atoms with Gasteiger partial charge in [0.15, 0.2) is 0 Å². The van der Waals surface area contributed by atoms with E-state index in [1.807, 2.05) is 0 Å². The largest absolute Gasteiger partial charge is 0.496 e. The van der Waals surface area contributed by atoms with Gasteiger partial charge < -0.3 is 9.64 Å². The number of rotatable bonds is 3. The summed E-state index contributed by atoms with van der Waals surface area (Å²) in [4.78, 5) is 2.14. The monoisotopic (exact) mass is 255 g/mol. The van der Waals surface area contributed by atoms with Crippen molar-refractivity contribution in [3.63, 3.8) is 0 Å². The van der Waals surface area contributed by atoms with Gasteiger partial charge in [-0.3, -0.25) is 0 Å². The number of hydrogen-bond acceptors (Lipinski definition) is 2. The number of aryl methyl sites for hydroxylation is 2. The number of hydrogen-bond donors (Lipinski definition) is 0. The fourth-order valence-electron chi connectivity index (χ4n) is 2.30. The van der Waals surface area contributed by atoms with Gasteiger partial charge in [-0.2, -0.15) is 0 Å². The molecule has 2 heteroatoms. The summed E-state index contributed by atoms with van der Waals surface area (Å²) in [5, 5.41) is 0. The fourth-order valence-corrected chi connectivity index (χ4v) is 2.30. The Morgan fingerprint density at radius 3 is 2.32 bits per heavy atom. The van der Waals surface area contributed by atoms with Gasteiger partial charge >= 0.3 is 0 Å². The highest BCUT2D eigenvalue weighted by molar-refractivity contribution is 5.75. The molecule has 0 spiro atoms. The van der Waals surface area contributed by atoms with Gasteiger partial charge in [0, 0.05) is 25.3 Å². The first-order valence-corrected chi connectivity index (χ1v) is 6.46. The topological polar surface area (TPSA) is 12.5 Å². The molecule has 2 aromatic rings. The van der Waals surface area contributed by atoms with E-state index in [0.29, 0.717) is 0 Å². The molecule has 0 amide bonds. The normalized spacial score (nSPS) is 10.4. The number of anilines is 1. The van der Waals surface area contributed by atoms with Crippen molar-refractivity contribution in [3.8, 4) is 16.9 Å². The average molecular weight is 255 g/mol. The van der Waals surface area contributed by atoms with E-state index in [0.717, 1.165) is 11.3 Å². The van der Waals surface area contributed by atoms with E-state index < -0.39 is 0 Å². The standard InChI is InChI=1S/C17H21NO/c1-12-6-9-15(17(10-12)19-5)14-8-7-13(2)16(11-14)18(3)4/h6-11H,1-5H3. The first kappa shape index (κ1) is 13.5. The van der Waals surface area contributed by atoms with E-state index in [4.69, 9.17) is 4.74 Å². The first-order valence-electron chi connectivity index (χ1n) is 6.46. The van der Waals surface area contributed by atoms with Crippen LogP contribution < -0.4 is 9.64 Å². The van der Waals surface area contributed by atoms with Gasteiger partial charge in [0.2, 0.25) is 0 Å². The minimum absolute atomic E-state index is 0.925. The molecule has 0 unspecified atom stereocenters. The van der Waals surface area contributed by atoms with Crippen LogP contribution in [0.2, 0.25) is 0 Å². The number of benzene rings is 2. The molecule has 0 fully saturated rings. The molecule has 0 heterocycles. The van der Waals surface area contributed by atoms with Crippen LogP contribution >= 0.6 is 0 Å². The summed E-state index contributed by atoms with van der Waals surface area (Å²) in [6, 6.07) is 12.8. The van der Waals surface area contributed by atoms with Crippen molar-refractivity contribution in [2.24, 2.45) is 0 Å². The van der Waals surface area contributed by atoms with Crippen molar-refractivity contribution in [2.45, 2.75) is 13.8 Å². The molecule has 2 nitrogen and oxygen atoms in total. The van der Waals surface area contributed by atoms with Crippen LogP contribution in [0.4, 0.5) is 5.69 Å². The maximum absolute atomic E-state index is 5.50. The lowest BCUT2D eigenvalue weighted by atomic mass is 10.0. The molecule has 0 bridgehead atoms. The van der Waals surface area contributed by atoms with Gasteiger partial charge in [-0.15, -0.1) is 0 Å². The average Bonchev–Trinajstić information content (AvgIpc) is 2.39. The van der Waals surface area contributed by atoms with Crippen LogP contribution in [-0.2, 0) is 0 Å². The molecule has 100 valence electrons. The van der Waals surface area contributed by atoms with Gasteiger partial charge in [0.25, 0.3) is 0 Å². The quantitative estimate of drug-likeness (QED) is 0.820. The molecule has 0 atom stereocenters. The molecule has 2 rings (SSSR count). The summed E-state index contributed by atoms with van der Waals surface area (Å²) in [6.07, 6.45) is 0. The Kier molecular flexibility index (Phi) is 3.79. The lowest BCUT2D eigenvalue weighted by Crippen LogP contribution is -2.10. The summed E-state index contributed by atoms with van der Waals surface area (Å²) in [7, 11) is 5.86. The first-order chi connectivity index (χ1) is 9.02. The van der Waals surface area contributed by atoms with Crippen molar-refractivity contribution in [1.82, 2.24) is 0 Å². The lowest BCUT2D eigenvalue weighted by molar-refractivity contribution is 0.416. The van der Waals surface area contributed by atoms with Crippen LogP contribution in [0, 0.1) is 13.8 Å². The predicted octanol–water partition coefficient (Wildman–Crippen LogP) is 4.05. The molecule has 0 N–H and O–H groups in total. The molecule has 0 aliphatic rings. The van der Waals surface area contributed by atoms with Gasteiger partial charge in [-0.25, -0.2) is 0 Å². The third-order valence-electron chi connectivity index (χ3n) is 3.36. The van der Waals surface area contributed by atoms with Crippen molar-refractivity contribution < 1.29 is 4.74 Å². The van der Waals surface area contributed by atoms with E-state index in [2.05, 4.69) is 69.2 Å². The Labute approximate surface area is 115 Å². The van der Waals surface area contributed by atoms with E-state index in [1.165, 1.54) is 22.4 Å². The molecule has 0 radical (unpaired) electrons. The van der Waals surface area contributed by atoms with Gasteiger partial charge in [0.1, 0.15) is 5.75 Å². The Balaban J connectivity index is 2.56. The molecule has 2 aromatic carbocycles. The summed E-state index contributed by atoms with van der Waals surface area (Å²) >= 11 is 0. The van der Waals surface area contributed by atoms with Crippen LogP contribution in [0.3, 0.4) is 0 Å². The van der Waals surface area contributed by atoms with Crippen LogP contribution in [0.25, 0.3) is 11.1 Å². The maximum atomic E-state index is 5.50. The zero-order chi connectivity index (χ0) is 14.0. The predicted molar refractivity (Wildman–Crippen MR) is 82.2 cm³/mol. The highest BCUT2D eigenvalue weighted by Gasteiger charge is 2.09. The van der Waals surface area contributed by atoms with Gasteiger partial charge in [-0.05, 0) is 42.7 Å². The summed E-state index contributed by atoms with van der Waals surface area (Å²) in [5.74, 6) is 0.925. The molecule has 0 aromatic heterocycles. The lowest BCUT2D eigenvalue weighted by Gasteiger charge is -2.18. The number of methoxy groups -OCH3 is 1. The van der Waals surface area contributed by atoms with Gasteiger partial charge in [-0.1, -0.05) is 24.3 Å². The highest BCUT2D eigenvalue weighted by atomic mass is 16.5. The third kappa shape index (κ3) is 2.73. The molecule has 19 heavy (non-hydrogen) atoms. The fraction of sp³-hybridized carbons (Fsp3) is 0.294. The van der Waals surface area contributed by atoms with Crippen LogP contribution in [0.5, 0.6) is 5.75 Å². The Morgan fingerprint density at radius 2 is 1.68 bits per heavy atom. The Morgan fingerprint density at radius 1 is 0.947 bits per heavy atom. The summed E-state index contributed by atoms with van der Waals surface area (Å²) < 4.78 is 5.50. The van der Waals surface area contributed by atoms with Crippen LogP contribution in [0.15, 0.2) is 36.4 Å².